The van der Waals surface area contributed by atoms with Crippen molar-refractivity contribution in [1.82, 2.24) is 10.2 Å². The van der Waals surface area contributed by atoms with Gasteiger partial charge in [0.05, 0.1) is 11.6 Å². The van der Waals surface area contributed by atoms with Crippen LogP contribution in [0.1, 0.15) is 39.0 Å². The van der Waals surface area contributed by atoms with Gasteiger partial charge in [-0.2, -0.15) is 11.8 Å². The van der Waals surface area contributed by atoms with Gasteiger partial charge < -0.3 is 15.0 Å². The van der Waals surface area contributed by atoms with Crippen LogP contribution < -0.4 is 5.32 Å². The lowest BCUT2D eigenvalue weighted by Crippen LogP contribution is -2.53. The molecule has 0 aromatic rings. The minimum absolute atomic E-state index is 0.0534. The SMILES string of the molecule is CC(NC1CCOC2(CCSC2)C1)C(=O)N1CCCC1. The number of amides is 1. The molecule has 1 N–H and O–H groups in total. The maximum Gasteiger partial charge on any atom is 0.239 e. The van der Waals surface area contributed by atoms with E-state index in [0.29, 0.717) is 6.04 Å². The van der Waals surface area contributed by atoms with Gasteiger partial charge in [-0.3, -0.25) is 4.79 Å². The average Bonchev–Trinajstić information content (AvgIpc) is 3.10. The van der Waals surface area contributed by atoms with Crippen molar-refractivity contribution in [3.63, 3.8) is 0 Å². The van der Waals surface area contributed by atoms with E-state index in [1.807, 2.05) is 23.6 Å². The van der Waals surface area contributed by atoms with Crippen LogP contribution in [-0.4, -0.2) is 59.7 Å². The van der Waals surface area contributed by atoms with Gasteiger partial charge in [-0.15, -0.1) is 0 Å². The topological polar surface area (TPSA) is 41.6 Å². The first-order valence-electron chi connectivity index (χ1n) is 7.95. The summed E-state index contributed by atoms with van der Waals surface area (Å²) in [7, 11) is 0. The molecule has 0 aromatic carbocycles. The fraction of sp³-hybridized carbons (Fsp3) is 0.933. The standard InChI is InChI=1S/C15H26N2O2S/c1-12(14(18)17-6-2-3-7-17)16-13-4-8-19-15(10-13)5-9-20-11-15/h12-13,16H,2-11H2,1H3. The molecule has 0 saturated carbocycles. The zero-order valence-electron chi connectivity index (χ0n) is 12.4. The molecule has 5 heteroatoms. The molecular weight excluding hydrogens is 272 g/mol. The van der Waals surface area contributed by atoms with E-state index in [1.165, 1.54) is 12.2 Å². The van der Waals surface area contributed by atoms with Crippen LogP contribution in [0.15, 0.2) is 0 Å². The van der Waals surface area contributed by atoms with E-state index in [1.54, 1.807) is 0 Å². The quantitative estimate of drug-likeness (QED) is 0.860. The van der Waals surface area contributed by atoms with Crippen LogP contribution in [0.5, 0.6) is 0 Å². The largest absolute Gasteiger partial charge is 0.374 e. The Morgan fingerprint density at radius 1 is 1.45 bits per heavy atom. The van der Waals surface area contributed by atoms with Crippen molar-refractivity contribution >= 4 is 17.7 Å². The Hall–Kier alpha value is -0.260. The number of carbonyl (C=O) groups excluding carboxylic acids is 1. The van der Waals surface area contributed by atoms with E-state index in [-0.39, 0.29) is 17.6 Å². The number of hydrogen-bond acceptors (Lipinski definition) is 4. The molecule has 0 aromatic heterocycles. The summed E-state index contributed by atoms with van der Waals surface area (Å²) in [5, 5.41) is 3.57. The van der Waals surface area contributed by atoms with Crippen LogP contribution in [0, 0.1) is 0 Å². The van der Waals surface area contributed by atoms with Crippen molar-refractivity contribution in [3.05, 3.63) is 0 Å². The number of ether oxygens (including phenoxy) is 1. The van der Waals surface area contributed by atoms with E-state index in [9.17, 15) is 4.79 Å². The Morgan fingerprint density at radius 2 is 2.25 bits per heavy atom. The second kappa shape index (κ2) is 6.24. The second-order valence-corrected chi connectivity index (χ2v) is 7.55. The van der Waals surface area contributed by atoms with Crippen LogP contribution >= 0.6 is 11.8 Å². The molecule has 3 fully saturated rings. The van der Waals surface area contributed by atoms with E-state index < -0.39 is 0 Å². The van der Waals surface area contributed by atoms with Crippen LogP contribution in [0.25, 0.3) is 0 Å². The lowest BCUT2D eigenvalue weighted by atomic mass is 9.89. The third kappa shape index (κ3) is 3.15. The van der Waals surface area contributed by atoms with E-state index in [2.05, 4.69) is 5.32 Å². The molecule has 114 valence electrons. The third-order valence-electron chi connectivity index (χ3n) is 4.83. The average molecular weight is 298 g/mol. The summed E-state index contributed by atoms with van der Waals surface area (Å²) in [6.07, 6.45) is 5.60. The first-order chi connectivity index (χ1) is 9.69. The van der Waals surface area contributed by atoms with Gasteiger partial charge >= 0.3 is 0 Å². The van der Waals surface area contributed by atoms with Crippen LogP contribution in [0.3, 0.4) is 0 Å². The van der Waals surface area contributed by atoms with Gasteiger partial charge in [-0.05, 0) is 44.8 Å². The molecule has 3 atom stereocenters. The highest BCUT2D eigenvalue weighted by Crippen LogP contribution is 2.38. The van der Waals surface area contributed by atoms with Crippen molar-refractivity contribution in [1.29, 1.82) is 0 Å². The molecule has 0 bridgehead atoms. The summed E-state index contributed by atoms with van der Waals surface area (Å²) in [5.74, 6) is 2.62. The number of thioether (sulfide) groups is 1. The highest BCUT2D eigenvalue weighted by molar-refractivity contribution is 7.99. The normalized spacial score (nSPS) is 35.6. The minimum Gasteiger partial charge on any atom is -0.374 e. The molecular formula is C15H26N2O2S. The maximum atomic E-state index is 12.4. The van der Waals surface area contributed by atoms with Gasteiger partial charge in [-0.25, -0.2) is 0 Å². The Bertz CT molecular complexity index is 352. The van der Waals surface area contributed by atoms with Crippen molar-refractivity contribution in [3.8, 4) is 0 Å². The smallest absolute Gasteiger partial charge is 0.239 e. The monoisotopic (exact) mass is 298 g/mol. The summed E-state index contributed by atoms with van der Waals surface area (Å²) in [5.41, 5.74) is 0.0942. The summed E-state index contributed by atoms with van der Waals surface area (Å²) in [6, 6.07) is 0.381. The highest BCUT2D eigenvalue weighted by atomic mass is 32.2. The van der Waals surface area contributed by atoms with Crippen LogP contribution in [-0.2, 0) is 9.53 Å². The van der Waals surface area contributed by atoms with Gasteiger partial charge in [0.15, 0.2) is 0 Å². The van der Waals surface area contributed by atoms with Gasteiger partial charge in [-0.1, -0.05) is 0 Å². The summed E-state index contributed by atoms with van der Waals surface area (Å²) < 4.78 is 6.04. The zero-order valence-corrected chi connectivity index (χ0v) is 13.2. The van der Waals surface area contributed by atoms with Gasteiger partial charge in [0.2, 0.25) is 5.91 Å². The molecule has 3 unspecified atom stereocenters. The Kier molecular flexibility index (Phi) is 4.58. The molecule has 3 saturated heterocycles. The first kappa shape index (κ1) is 14.7. The predicted octanol–water partition coefficient (Wildman–Crippen LogP) is 1.64. The molecule has 1 spiro atoms. The third-order valence-corrected chi connectivity index (χ3v) is 6.06. The maximum absolute atomic E-state index is 12.4. The van der Waals surface area contributed by atoms with Gasteiger partial charge in [0.25, 0.3) is 0 Å². The molecule has 20 heavy (non-hydrogen) atoms. The Balaban J connectivity index is 1.52. The number of nitrogens with one attached hydrogen (secondary N) is 1. The molecule has 4 nitrogen and oxygen atoms in total. The number of nitrogens with zero attached hydrogens (tertiary/aromatic N) is 1. The number of likely N-dealkylation sites (tertiary alicyclic amines) is 1. The Morgan fingerprint density at radius 3 is 2.95 bits per heavy atom. The van der Waals surface area contributed by atoms with Crippen molar-refractivity contribution in [2.45, 2.75) is 56.7 Å². The highest BCUT2D eigenvalue weighted by Gasteiger charge is 2.41. The van der Waals surface area contributed by atoms with E-state index in [4.69, 9.17) is 4.74 Å². The number of rotatable bonds is 3. The molecule has 0 radical (unpaired) electrons. The van der Waals surface area contributed by atoms with E-state index >= 15 is 0 Å². The van der Waals surface area contributed by atoms with E-state index in [0.717, 1.165) is 51.1 Å². The Labute approximate surface area is 126 Å². The summed E-state index contributed by atoms with van der Waals surface area (Å²) >= 11 is 2.00. The zero-order chi connectivity index (χ0) is 14.0. The lowest BCUT2D eigenvalue weighted by Gasteiger charge is -2.39. The van der Waals surface area contributed by atoms with Gasteiger partial charge in [0, 0.05) is 31.5 Å². The summed E-state index contributed by atoms with van der Waals surface area (Å²) in [4.78, 5) is 14.4. The fourth-order valence-electron chi connectivity index (χ4n) is 3.67. The predicted molar refractivity (Wildman–Crippen MR) is 82.1 cm³/mol. The van der Waals surface area contributed by atoms with Crippen LogP contribution in [0.2, 0.25) is 0 Å². The molecule has 3 rings (SSSR count). The summed E-state index contributed by atoms with van der Waals surface area (Å²) in [6.45, 7) is 4.74. The molecule has 3 aliphatic heterocycles. The van der Waals surface area contributed by atoms with Crippen LogP contribution in [0.4, 0.5) is 0 Å². The molecule has 3 aliphatic rings. The van der Waals surface area contributed by atoms with Crippen molar-refractivity contribution < 1.29 is 9.53 Å². The first-order valence-corrected chi connectivity index (χ1v) is 9.11. The van der Waals surface area contributed by atoms with Crippen molar-refractivity contribution in [2.75, 3.05) is 31.2 Å². The minimum atomic E-state index is -0.0534. The molecule has 0 aliphatic carbocycles. The fourth-order valence-corrected chi connectivity index (χ4v) is 5.05. The van der Waals surface area contributed by atoms with Crippen molar-refractivity contribution in [2.24, 2.45) is 0 Å². The lowest BCUT2D eigenvalue weighted by molar-refractivity contribution is -0.133. The number of carbonyl (C=O) groups is 1. The molecule has 3 heterocycles. The van der Waals surface area contributed by atoms with Gasteiger partial charge in [0.1, 0.15) is 0 Å². The second-order valence-electron chi connectivity index (χ2n) is 6.44. The number of hydrogen-bond donors (Lipinski definition) is 1. The molecule has 1 amide bonds.